The van der Waals surface area contributed by atoms with Crippen LogP contribution in [0.5, 0.6) is 0 Å². The molecule has 2 unspecified atom stereocenters. The molecule has 0 spiro atoms. The first-order valence-electron chi connectivity index (χ1n) is 9.21. The maximum atomic E-state index is 4.42. The third-order valence-corrected chi connectivity index (χ3v) is 5.56. The van der Waals surface area contributed by atoms with Crippen molar-refractivity contribution in [3.63, 3.8) is 0 Å². The first kappa shape index (κ1) is 15.9. The van der Waals surface area contributed by atoms with Crippen LogP contribution in [0.15, 0.2) is 17.1 Å². The smallest absolute Gasteiger partial charge is 0.191 e. The predicted molar refractivity (Wildman–Crippen MR) is 93.2 cm³/mol. The number of rotatable bonds is 4. The molecule has 2 fully saturated rings. The summed E-state index contributed by atoms with van der Waals surface area (Å²) < 4.78 is 0. The molecule has 0 amide bonds. The Morgan fingerprint density at radius 2 is 2.05 bits per heavy atom. The molecule has 124 valence electrons. The molecule has 0 bridgehead atoms. The van der Waals surface area contributed by atoms with Crippen molar-refractivity contribution in [1.29, 1.82) is 0 Å². The molecule has 4 heteroatoms. The van der Waals surface area contributed by atoms with Gasteiger partial charge in [-0.3, -0.25) is 9.89 Å². The predicted octanol–water partition coefficient (Wildman–Crippen LogP) is 2.52. The Morgan fingerprint density at radius 1 is 1.18 bits per heavy atom. The van der Waals surface area contributed by atoms with Crippen LogP contribution in [0.25, 0.3) is 0 Å². The molecule has 1 saturated carbocycles. The molecule has 2 N–H and O–H groups in total. The van der Waals surface area contributed by atoms with E-state index in [0.29, 0.717) is 6.04 Å². The van der Waals surface area contributed by atoms with Crippen LogP contribution in [0, 0.1) is 5.92 Å². The van der Waals surface area contributed by atoms with Gasteiger partial charge >= 0.3 is 0 Å². The van der Waals surface area contributed by atoms with E-state index in [2.05, 4.69) is 32.7 Å². The summed E-state index contributed by atoms with van der Waals surface area (Å²) in [5, 5.41) is 7.17. The first-order chi connectivity index (χ1) is 10.8. The third kappa shape index (κ3) is 4.25. The molecule has 0 aromatic rings. The molecule has 3 rings (SSSR count). The quantitative estimate of drug-likeness (QED) is 0.476. The highest BCUT2D eigenvalue weighted by molar-refractivity contribution is 5.80. The summed E-state index contributed by atoms with van der Waals surface area (Å²) in [7, 11) is 1.89. The molecule has 4 nitrogen and oxygen atoms in total. The number of nitrogens with zero attached hydrogens (tertiary/aromatic N) is 2. The highest BCUT2D eigenvalue weighted by Crippen LogP contribution is 2.26. The van der Waals surface area contributed by atoms with Crippen LogP contribution in [0.3, 0.4) is 0 Å². The van der Waals surface area contributed by atoms with Gasteiger partial charge in [-0.1, -0.05) is 25.0 Å². The summed E-state index contributed by atoms with van der Waals surface area (Å²) >= 11 is 0. The normalized spacial score (nSPS) is 30.9. The minimum Gasteiger partial charge on any atom is -0.356 e. The summed E-state index contributed by atoms with van der Waals surface area (Å²) in [6, 6.07) is 1.42. The van der Waals surface area contributed by atoms with Gasteiger partial charge in [0.25, 0.3) is 0 Å². The molecule has 3 aliphatic rings. The summed E-state index contributed by atoms with van der Waals surface area (Å²) in [5.41, 5.74) is 0. The van der Waals surface area contributed by atoms with Gasteiger partial charge in [0.2, 0.25) is 0 Å². The molecule has 2 atom stereocenters. The first-order valence-corrected chi connectivity index (χ1v) is 9.21. The zero-order valence-corrected chi connectivity index (χ0v) is 14.1. The van der Waals surface area contributed by atoms with Crippen LogP contribution in [-0.2, 0) is 0 Å². The van der Waals surface area contributed by atoms with Crippen LogP contribution < -0.4 is 10.6 Å². The number of likely N-dealkylation sites (tertiary alicyclic amines) is 1. The Labute approximate surface area is 135 Å². The van der Waals surface area contributed by atoms with E-state index in [1.54, 1.807) is 0 Å². The lowest BCUT2D eigenvalue weighted by molar-refractivity contribution is 0.242. The standard InChI is InChI=1S/C18H32N4/c1-19-18(20-13-15-7-3-2-4-8-15)21-16-11-12-22(14-16)17-9-5-6-10-17/h2-3,15-17H,4-14H2,1H3,(H2,19,20,21). The minimum atomic E-state index is 0.568. The molecule has 1 saturated heterocycles. The van der Waals surface area contributed by atoms with Crippen molar-refractivity contribution in [2.75, 3.05) is 26.7 Å². The van der Waals surface area contributed by atoms with Gasteiger partial charge in [-0.15, -0.1) is 0 Å². The van der Waals surface area contributed by atoms with Crippen LogP contribution in [-0.4, -0.2) is 49.6 Å². The van der Waals surface area contributed by atoms with Crippen LogP contribution in [0.1, 0.15) is 51.4 Å². The summed E-state index contributed by atoms with van der Waals surface area (Å²) in [6.45, 7) is 3.49. The number of hydrogen-bond acceptors (Lipinski definition) is 2. The molecule has 1 heterocycles. The highest BCUT2D eigenvalue weighted by Gasteiger charge is 2.30. The number of allylic oxidation sites excluding steroid dienone is 2. The Morgan fingerprint density at radius 3 is 2.77 bits per heavy atom. The topological polar surface area (TPSA) is 39.7 Å². The Balaban J connectivity index is 1.40. The second-order valence-electron chi connectivity index (χ2n) is 7.17. The van der Waals surface area contributed by atoms with Gasteiger partial charge in [0.1, 0.15) is 0 Å². The lowest BCUT2D eigenvalue weighted by Crippen LogP contribution is -2.46. The lowest BCUT2D eigenvalue weighted by atomic mass is 9.94. The highest BCUT2D eigenvalue weighted by atomic mass is 15.3. The van der Waals surface area contributed by atoms with E-state index in [4.69, 9.17) is 0 Å². The maximum Gasteiger partial charge on any atom is 0.191 e. The molecular weight excluding hydrogens is 272 g/mol. The number of nitrogens with one attached hydrogen (secondary N) is 2. The molecule has 2 aliphatic carbocycles. The van der Waals surface area contributed by atoms with Crippen LogP contribution in [0.2, 0.25) is 0 Å². The van der Waals surface area contributed by atoms with Crippen molar-refractivity contribution in [2.24, 2.45) is 10.9 Å². The second kappa shape index (κ2) is 8.00. The molecular formula is C18H32N4. The fourth-order valence-electron chi connectivity index (χ4n) is 4.18. The molecule has 0 aromatic carbocycles. The van der Waals surface area contributed by atoms with Crippen LogP contribution >= 0.6 is 0 Å². The third-order valence-electron chi connectivity index (χ3n) is 5.56. The van der Waals surface area contributed by atoms with Crippen molar-refractivity contribution in [3.05, 3.63) is 12.2 Å². The summed E-state index contributed by atoms with van der Waals surface area (Å²) in [5.74, 6) is 1.76. The monoisotopic (exact) mass is 304 g/mol. The van der Waals surface area contributed by atoms with Crippen molar-refractivity contribution < 1.29 is 0 Å². The lowest BCUT2D eigenvalue weighted by Gasteiger charge is -2.24. The van der Waals surface area contributed by atoms with Gasteiger partial charge in [0.15, 0.2) is 5.96 Å². The zero-order valence-electron chi connectivity index (χ0n) is 14.1. The fourth-order valence-corrected chi connectivity index (χ4v) is 4.18. The Hall–Kier alpha value is -1.03. The zero-order chi connectivity index (χ0) is 15.2. The summed E-state index contributed by atoms with van der Waals surface area (Å²) in [6.07, 6.45) is 15.3. The van der Waals surface area contributed by atoms with E-state index >= 15 is 0 Å². The Bertz CT molecular complexity index is 398. The van der Waals surface area contributed by atoms with E-state index in [9.17, 15) is 0 Å². The van der Waals surface area contributed by atoms with E-state index < -0.39 is 0 Å². The molecule has 22 heavy (non-hydrogen) atoms. The molecule has 0 aromatic heterocycles. The van der Waals surface area contributed by atoms with Crippen LogP contribution in [0.4, 0.5) is 0 Å². The molecule has 1 aliphatic heterocycles. The average molecular weight is 304 g/mol. The van der Waals surface area contributed by atoms with Crippen molar-refractivity contribution in [2.45, 2.75) is 63.5 Å². The van der Waals surface area contributed by atoms with Crippen molar-refractivity contribution >= 4 is 5.96 Å². The van der Waals surface area contributed by atoms with Crippen molar-refractivity contribution in [1.82, 2.24) is 15.5 Å². The van der Waals surface area contributed by atoms with Gasteiger partial charge in [-0.2, -0.15) is 0 Å². The van der Waals surface area contributed by atoms with Gasteiger partial charge in [-0.25, -0.2) is 0 Å². The minimum absolute atomic E-state index is 0.568. The number of aliphatic imine (C=N–C) groups is 1. The van der Waals surface area contributed by atoms with E-state index in [-0.39, 0.29) is 0 Å². The second-order valence-corrected chi connectivity index (χ2v) is 7.17. The molecule has 0 radical (unpaired) electrons. The Kier molecular flexibility index (Phi) is 5.76. The van der Waals surface area contributed by atoms with E-state index in [1.807, 2.05) is 7.05 Å². The van der Waals surface area contributed by atoms with Gasteiger partial charge in [-0.05, 0) is 44.4 Å². The number of guanidine groups is 1. The van der Waals surface area contributed by atoms with Crippen molar-refractivity contribution in [3.8, 4) is 0 Å². The van der Waals surface area contributed by atoms with E-state index in [1.165, 1.54) is 64.5 Å². The number of hydrogen-bond donors (Lipinski definition) is 2. The average Bonchev–Trinajstić information content (AvgIpc) is 3.23. The summed E-state index contributed by atoms with van der Waals surface area (Å²) in [4.78, 5) is 7.11. The van der Waals surface area contributed by atoms with Gasteiger partial charge < -0.3 is 10.6 Å². The maximum absolute atomic E-state index is 4.42. The van der Waals surface area contributed by atoms with Gasteiger partial charge in [0, 0.05) is 38.8 Å². The largest absolute Gasteiger partial charge is 0.356 e. The fraction of sp³-hybridized carbons (Fsp3) is 0.833. The van der Waals surface area contributed by atoms with E-state index in [0.717, 1.165) is 24.5 Å². The van der Waals surface area contributed by atoms with Gasteiger partial charge in [0.05, 0.1) is 0 Å². The SMILES string of the molecule is CN=C(NCC1CC=CCC1)NC1CCN(C2CCCC2)C1.